The summed E-state index contributed by atoms with van der Waals surface area (Å²) >= 11 is 23.9. The van der Waals surface area contributed by atoms with Gasteiger partial charge in [-0.25, -0.2) is 9.97 Å². The topological polar surface area (TPSA) is 102 Å². The molecule has 0 aliphatic rings. The number of alkyl halides is 6. The summed E-state index contributed by atoms with van der Waals surface area (Å²) in [5.74, 6) is -3.47. The number of hydrogen-bond acceptors (Lipinski definition) is 6. The number of ether oxygens (including phenoxy) is 2. The van der Waals surface area contributed by atoms with E-state index in [9.17, 15) is 35.9 Å². The predicted octanol–water partition coefficient (Wildman–Crippen LogP) is 9.29. The van der Waals surface area contributed by atoms with Gasteiger partial charge < -0.3 is 20.1 Å². The van der Waals surface area contributed by atoms with Crippen LogP contribution >= 0.6 is 46.4 Å². The number of nitrogens with one attached hydrogen (secondary N) is 2. The standard InChI is InChI=1S/C26H12Cl4F6N4O4/c27-15-3-1-13(7-19(15)43-23-17(29)5-11(9-37-23)25(31,32)33)39-21(41)22(42)40-14-2-4-16(28)20(8-14)44-24-18(30)6-12(10-38-24)26(34,35)36/h1-10H,(H,39,41)(H,40,42). The van der Waals surface area contributed by atoms with Gasteiger partial charge in [-0.3, -0.25) is 9.59 Å². The van der Waals surface area contributed by atoms with Crippen LogP contribution < -0.4 is 20.1 Å². The number of aromatic nitrogens is 2. The summed E-state index contributed by atoms with van der Waals surface area (Å²) in [5, 5.41) is 3.58. The molecule has 2 heterocycles. The quantitative estimate of drug-likeness (QED) is 0.154. The van der Waals surface area contributed by atoms with E-state index in [-0.39, 0.29) is 32.9 Å². The van der Waals surface area contributed by atoms with E-state index in [2.05, 4.69) is 20.6 Å². The molecule has 0 aliphatic carbocycles. The van der Waals surface area contributed by atoms with Crippen molar-refractivity contribution >= 4 is 69.6 Å². The first kappa shape index (κ1) is 32.9. The number of carbonyl (C=O) groups excluding carboxylic acids is 2. The highest BCUT2D eigenvalue weighted by atomic mass is 35.5. The second kappa shape index (κ2) is 12.9. The van der Waals surface area contributed by atoms with Crippen molar-refractivity contribution in [1.29, 1.82) is 0 Å². The zero-order valence-electron chi connectivity index (χ0n) is 21.1. The molecule has 2 N–H and O–H groups in total. The van der Waals surface area contributed by atoms with Crippen LogP contribution in [0.3, 0.4) is 0 Å². The number of carbonyl (C=O) groups is 2. The fraction of sp³-hybridized carbons (Fsp3) is 0.0769. The number of benzene rings is 2. The van der Waals surface area contributed by atoms with E-state index in [4.69, 9.17) is 55.9 Å². The SMILES string of the molecule is O=C(Nc1ccc(Cl)c(Oc2ncc(C(F)(F)F)cc2Cl)c1)C(=O)Nc1ccc(Cl)c(Oc2ncc(C(F)(F)F)cc2Cl)c1. The third kappa shape index (κ3) is 8.14. The van der Waals surface area contributed by atoms with Gasteiger partial charge in [0.05, 0.1) is 21.2 Å². The molecule has 44 heavy (non-hydrogen) atoms. The van der Waals surface area contributed by atoms with Gasteiger partial charge in [-0.2, -0.15) is 26.3 Å². The molecule has 18 heteroatoms. The van der Waals surface area contributed by atoms with E-state index in [1.165, 1.54) is 24.3 Å². The smallest absolute Gasteiger partial charge is 0.417 e. The molecule has 4 aromatic rings. The minimum Gasteiger partial charge on any atom is -0.436 e. The molecule has 0 aliphatic heterocycles. The molecule has 0 atom stereocenters. The van der Waals surface area contributed by atoms with Crippen molar-refractivity contribution in [3.05, 3.63) is 92.1 Å². The van der Waals surface area contributed by atoms with Crippen LogP contribution in [0.1, 0.15) is 11.1 Å². The van der Waals surface area contributed by atoms with Crippen molar-refractivity contribution in [2.75, 3.05) is 10.6 Å². The summed E-state index contributed by atoms with van der Waals surface area (Å²) in [6.07, 6.45) is -8.36. The lowest BCUT2D eigenvalue weighted by molar-refractivity contribution is -0.138. The number of nitrogens with zero attached hydrogens (tertiary/aromatic N) is 2. The van der Waals surface area contributed by atoms with E-state index in [1.54, 1.807) is 0 Å². The van der Waals surface area contributed by atoms with Gasteiger partial charge in [0.2, 0.25) is 11.8 Å². The molecule has 0 radical (unpaired) electrons. The number of pyridine rings is 2. The van der Waals surface area contributed by atoms with E-state index < -0.39 is 57.1 Å². The van der Waals surface area contributed by atoms with Gasteiger partial charge in [-0.1, -0.05) is 46.4 Å². The monoisotopic (exact) mass is 698 g/mol. The van der Waals surface area contributed by atoms with Gasteiger partial charge in [0.15, 0.2) is 0 Å². The summed E-state index contributed by atoms with van der Waals surface area (Å²) in [7, 11) is 0. The van der Waals surface area contributed by atoms with Crippen LogP contribution in [0.2, 0.25) is 20.1 Å². The van der Waals surface area contributed by atoms with Crippen LogP contribution in [0.4, 0.5) is 37.7 Å². The number of amides is 2. The Morgan fingerprint density at radius 1 is 0.591 bits per heavy atom. The van der Waals surface area contributed by atoms with Gasteiger partial charge in [-0.05, 0) is 36.4 Å². The lowest BCUT2D eigenvalue weighted by atomic mass is 10.2. The number of hydrogen-bond donors (Lipinski definition) is 2. The average Bonchev–Trinajstić information content (AvgIpc) is 2.93. The minimum atomic E-state index is -4.69. The van der Waals surface area contributed by atoms with Crippen molar-refractivity contribution in [1.82, 2.24) is 9.97 Å². The Morgan fingerprint density at radius 2 is 0.955 bits per heavy atom. The van der Waals surface area contributed by atoms with Crippen LogP contribution in [-0.4, -0.2) is 21.8 Å². The van der Waals surface area contributed by atoms with Crippen molar-refractivity contribution in [2.24, 2.45) is 0 Å². The summed E-state index contributed by atoms with van der Waals surface area (Å²) in [6.45, 7) is 0. The first-order chi connectivity index (χ1) is 20.5. The molecule has 2 aromatic heterocycles. The Kier molecular flexibility index (Phi) is 9.68. The van der Waals surface area contributed by atoms with Gasteiger partial charge in [-0.15, -0.1) is 0 Å². The molecule has 8 nitrogen and oxygen atoms in total. The normalized spacial score (nSPS) is 11.6. The first-order valence-corrected chi connectivity index (χ1v) is 13.0. The van der Waals surface area contributed by atoms with Crippen LogP contribution in [0, 0.1) is 0 Å². The Bertz CT molecular complexity index is 1630. The molecule has 2 aromatic carbocycles. The number of halogens is 10. The highest BCUT2D eigenvalue weighted by molar-refractivity contribution is 6.44. The van der Waals surface area contributed by atoms with Crippen LogP contribution in [0.15, 0.2) is 60.9 Å². The summed E-state index contributed by atoms with van der Waals surface area (Å²) in [6, 6.07) is 8.69. The molecule has 0 unspecified atom stereocenters. The molecule has 0 saturated heterocycles. The molecular formula is C26H12Cl4F6N4O4. The summed E-state index contributed by atoms with van der Waals surface area (Å²) in [4.78, 5) is 32.2. The highest BCUT2D eigenvalue weighted by Gasteiger charge is 2.33. The van der Waals surface area contributed by atoms with Crippen molar-refractivity contribution in [2.45, 2.75) is 12.4 Å². The van der Waals surface area contributed by atoms with E-state index in [1.807, 2.05) is 0 Å². The van der Waals surface area contributed by atoms with E-state index in [0.29, 0.717) is 24.5 Å². The molecule has 4 rings (SSSR count). The van der Waals surface area contributed by atoms with Crippen molar-refractivity contribution < 1.29 is 45.4 Å². The summed E-state index contributed by atoms with van der Waals surface area (Å²) in [5.41, 5.74) is -2.22. The third-order valence-corrected chi connectivity index (χ3v) is 6.43. The molecule has 2 amide bonds. The third-order valence-electron chi connectivity index (χ3n) is 5.27. The minimum absolute atomic E-state index is 0.00395. The van der Waals surface area contributed by atoms with Crippen molar-refractivity contribution in [3.8, 4) is 23.3 Å². The summed E-state index contributed by atoms with van der Waals surface area (Å²) < 4.78 is 88.0. The largest absolute Gasteiger partial charge is 0.436 e. The second-order valence-corrected chi connectivity index (χ2v) is 10.0. The number of rotatable bonds is 6. The van der Waals surface area contributed by atoms with E-state index in [0.717, 1.165) is 12.1 Å². The molecule has 0 fully saturated rings. The Labute approximate surface area is 262 Å². The lowest BCUT2D eigenvalue weighted by Crippen LogP contribution is -2.29. The fourth-order valence-electron chi connectivity index (χ4n) is 3.21. The maximum atomic E-state index is 12.9. The molecule has 0 bridgehead atoms. The predicted molar refractivity (Wildman–Crippen MR) is 149 cm³/mol. The fourth-order valence-corrected chi connectivity index (χ4v) is 3.94. The Balaban J connectivity index is 1.44. The van der Waals surface area contributed by atoms with E-state index >= 15 is 0 Å². The Morgan fingerprint density at radius 3 is 1.27 bits per heavy atom. The molecule has 0 spiro atoms. The van der Waals surface area contributed by atoms with Gasteiger partial charge >= 0.3 is 24.2 Å². The average molecular weight is 700 g/mol. The van der Waals surface area contributed by atoms with Crippen LogP contribution in [-0.2, 0) is 21.9 Å². The highest BCUT2D eigenvalue weighted by Crippen LogP contribution is 2.39. The maximum absolute atomic E-state index is 12.9. The van der Waals surface area contributed by atoms with Gasteiger partial charge in [0.1, 0.15) is 21.5 Å². The van der Waals surface area contributed by atoms with Gasteiger partial charge in [0.25, 0.3) is 0 Å². The van der Waals surface area contributed by atoms with Crippen LogP contribution in [0.25, 0.3) is 0 Å². The molecule has 230 valence electrons. The Hall–Kier alpha value is -3.98. The lowest BCUT2D eigenvalue weighted by Gasteiger charge is -2.13. The van der Waals surface area contributed by atoms with Crippen molar-refractivity contribution in [3.63, 3.8) is 0 Å². The first-order valence-electron chi connectivity index (χ1n) is 11.5. The maximum Gasteiger partial charge on any atom is 0.417 e. The zero-order chi connectivity index (χ0) is 32.4. The van der Waals surface area contributed by atoms with Gasteiger partial charge in [0, 0.05) is 35.9 Å². The number of anilines is 2. The zero-order valence-corrected chi connectivity index (χ0v) is 24.1. The van der Waals surface area contributed by atoms with Crippen LogP contribution in [0.5, 0.6) is 23.3 Å². The second-order valence-electron chi connectivity index (χ2n) is 8.42. The molecule has 0 saturated carbocycles. The molecular weight excluding hydrogens is 688 g/mol.